The van der Waals surface area contributed by atoms with Crippen LogP contribution in [0, 0.1) is 5.92 Å². The zero-order chi connectivity index (χ0) is 22.4. The minimum atomic E-state index is -4.55. The number of rotatable bonds is 3. The van der Waals surface area contributed by atoms with Crippen molar-refractivity contribution in [3.63, 3.8) is 0 Å². The van der Waals surface area contributed by atoms with Crippen molar-refractivity contribution in [2.45, 2.75) is 18.5 Å². The maximum Gasteiger partial charge on any atom is 0.417 e. The Morgan fingerprint density at radius 2 is 2.00 bits per heavy atom. The van der Waals surface area contributed by atoms with E-state index in [1.807, 2.05) is 0 Å². The van der Waals surface area contributed by atoms with Crippen LogP contribution < -0.4 is 4.90 Å². The van der Waals surface area contributed by atoms with Crippen molar-refractivity contribution in [1.82, 2.24) is 19.4 Å². The number of nitrogens with zero attached hydrogens (tertiary/aromatic N) is 5. The van der Waals surface area contributed by atoms with E-state index in [0.29, 0.717) is 0 Å². The topological polar surface area (TPSA) is 72.6 Å². The van der Waals surface area contributed by atoms with Gasteiger partial charge in [-0.1, -0.05) is 0 Å². The number of piperidine rings is 1. The summed E-state index contributed by atoms with van der Waals surface area (Å²) in [5.74, 6) is -4.82. The Morgan fingerprint density at radius 3 is 2.71 bits per heavy atom. The molecule has 1 aliphatic heterocycles. The predicted octanol–water partition coefficient (Wildman–Crippen LogP) is 3.44. The molecule has 0 amide bonds. The van der Waals surface area contributed by atoms with Crippen LogP contribution in [0.15, 0.2) is 36.8 Å². The number of methoxy groups -OCH3 is 1. The fraction of sp³-hybridized carbons (Fsp3) is 0.368. The quantitative estimate of drug-likeness (QED) is 0.458. The van der Waals surface area contributed by atoms with Crippen LogP contribution >= 0.6 is 0 Å². The Morgan fingerprint density at radius 1 is 1.23 bits per heavy atom. The number of halogens is 5. The molecule has 31 heavy (non-hydrogen) atoms. The molecule has 0 N–H and O–H groups in total. The Bertz CT molecular complexity index is 1130. The van der Waals surface area contributed by atoms with Crippen molar-refractivity contribution in [3.05, 3.63) is 42.4 Å². The molecule has 12 heteroatoms. The predicted molar refractivity (Wildman–Crippen MR) is 98.5 cm³/mol. The SMILES string of the molecule is COC(=O)C1CN(c2ccnc(-c3cnc4ccc(C(F)(F)F)cn34)n2)CC(F)(F)C1. The summed E-state index contributed by atoms with van der Waals surface area (Å²) < 4.78 is 73.5. The summed E-state index contributed by atoms with van der Waals surface area (Å²) in [5.41, 5.74) is -0.476. The number of aromatic nitrogens is 4. The van der Waals surface area contributed by atoms with Crippen molar-refractivity contribution in [2.24, 2.45) is 5.92 Å². The zero-order valence-corrected chi connectivity index (χ0v) is 16.1. The Hall–Kier alpha value is -3.31. The molecule has 3 aromatic rings. The van der Waals surface area contributed by atoms with Crippen molar-refractivity contribution in [1.29, 1.82) is 0 Å². The molecule has 4 heterocycles. The summed E-state index contributed by atoms with van der Waals surface area (Å²) in [4.78, 5) is 25.4. The van der Waals surface area contributed by atoms with Crippen molar-refractivity contribution < 1.29 is 31.5 Å². The number of anilines is 1. The highest BCUT2D eigenvalue weighted by Gasteiger charge is 2.44. The summed E-state index contributed by atoms with van der Waals surface area (Å²) in [7, 11) is 1.13. The Kier molecular flexibility index (Phi) is 5.02. The van der Waals surface area contributed by atoms with Gasteiger partial charge in [-0.05, 0) is 18.2 Å². The molecular formula is C19H16F5N5O2. The highest BCUT2D eigenvalue weighted by Crippen LogP contribution is 2.34. The van der Waals surface area contributed by atoms with Crippen molar-refractivity contribution in [3.8, 4) is 11.5 Å². The van der Waals surface area contributed by atoms with Crippen molar-refractivity contribution >= 4 is 17.4 Å². The van der Waals surface area contributed by atoms with Gasteiger partial charge in [-0.15, -0.1) is 0 Å². The average Bonchev–Trinajstić information content (AvgIpc) is 3.15. The summed E-state index contributed by atoms with van der Waals surface area (Å²) in [6.07, 6.45) is -1.71. The first-order chi connectivity index (χ1) is 14.6. The number of pyridine rings is 1. The number of imidazole rings is 1. The highest BCUT2D eigenvalue weighted by atomic mass is 19.4. The molecule has 3 aromatic heterocycles. The van der Waals surface area contributed by atoms with Crippen LogP contribution in [0.3, 0.4) is 0 Å². The largest absolute Gasteiger partial charge is 0.469 e. The first-order valence-electron chi connectivity index (χ1n) is 9.16. The van der Waals surface area contributed by atoms with Gasteiger partial charge in [0.1, 0.15) is 17.2 Å². The number of hydrogen-bond donors (Lipinski definition) is 0. The van der Waals surface area contributed by atoms with Crippen LogP contribution in [0.25, 0.3) is 17.2 Å². The van der Waals surface area contributed by atoms with E-state index in [0.717, 1.165) is 19.4 Å². The van der Waals surface area contributed by atoms with Gasteiger partial charge in [0.25, 0.3) is 5.92 Å². The molecule has 1 fully saturated rings. The molecule has 1 aliphatic rings. The minimum absolute atomic E-state index is 0.00725. The maximum absolute atomic E-state index is 14.2. The van der Waals surface area contributed by atoms with Crippen LogP contribution in [-0.4, -0.2) is 51.4 Å². The van der Waals surface area contributed by atoms with E-state index in [4.69, 9.17) is 0 Å². The number of alkyl halides is 5. The molecule has 0 aromatic carbocycles. The molecule has 1 atom stereocenters. The standard InChI is InChI=1S/C19H16F5N5O2/c1-31-17(30)11-6-18(20,21)10-28(8-11)15-4-5-25-16(27-15)13-7-26-14-3-2-12(9-29(13)14)19(22,23)24/h2-5,7,9,11H,6,8,10H2,1H3. The van der Waals surface area contributed by atoms with E-state index in [9.17, 15) is 26.7 Å². The van der Waals surface area contributed by atoms with Crippen LogP contribution in [0.4, 0.5) is 27.8 Å². The second-order valence-electron chi connectivity index (χ2n) is 7.19. The number of carbonyl (C=O) groups is 1. The van der Waals surface area contributed by atoms with Gasteiger partial charge in [-0.3, -0.25) is 9.20 Å². The van der Waals surface area contributed by atoms with Crippen LogP contribution in [0.2, 0.25) is 0 Å². The molecule has 0 bridgehead atoms. The number of carbonyl (C=O) groups excluding carboxylic acids is 1. The molecule has 7 nitrogen and oxygen atoms in total. The molecule has 1 unspecified atom stereocenters. The third-order valence-electron chi connectivity index (χ3n) is 4.97. The smallest absolute Gasteiger partial charge is 0.417 e. The average molecular weight is 441 g/mol. The molecule has 0 radical (unpaired) electrons. The first kappa shape index (κ1) is 20.9. The molecule has 0 spiro atoms. The molecule has 1 saturated heterocycles. The van der Waals surface area contributed by atoms with Gasteiger partial charge in [0.2, 0.25) is 0 Å². The van der Waals surface area contributed by atoms with Gasteiger partial charge in [0.15, 0.2) is 5.82 Å². The summed E-state index contributed by atoms with van der Waals surface area (Å²) >= 11 is 0. The van der Waals surface area contributed by atoms with Crippen LogP contribution in [-0.2, 0) is 15.7 Å². The van der Waals surface area contributed by atoms with Gasteiger partial charge in [-0.25, -0.2) is 23.7 Å². The van der Waals surface area contributed by atoms with Gasteiger partial charge in [-0.2, -0.15) is 13.2 Å². The molecule has 164 valence electrons. The Balaban J connectivity index is 1.71. The lowest BCUT2D eigenvalue weighted by molar-refractivity contribution is -0.150. The third-order valence-corrected chi connectivity index (χ3v) is 4.97. The normalized spacial score (nSPS) is 18.9. The zero-order valence-electron chi connectivity index (χ0n) is 16.1. The Labute approximate surface area is 172 Å². The number of fused-ring (bicyclic) bond motifs is 1. The number of esters is 1. The highest BCUT2D eigenvalue weighted by molar-refractivity contribution is 5.73. The second-order valence-corrected chi connectivity index (χ2v) is 7.19. The van der Waals surface area contributed by atoms with E-state index in [1.54, 1.807) is 0 Å². The van der Waals surface area contributed by atoms with Crippen molar-refractivity contribution in [2.75, 3.05) is 25.1 Å². The minimum Gasteiger partial charge on any atom is -0.469 e. The molecule has 0 saturated carbocycles. The van der Waals surface area contributed by atoms with Gasteiger partial charge in [0, 0.05) is 25.4 Å². The molecular weight excluding hydrogens is 425 g/mol. The second kappa shape index (κ2) is 7.43. The van der Waals surface area contributed by atoms with Gasteiger partial charge in [0.05, 0.1) is 31.3 Å². The van der Waals surface area contributed by atoms with E-state index in [-0.39, 0.29) is 29.5 Å². The first-order valence-corrected chi connectivity index (χ1v) is 9.16. The summed E-state index contributed by atoms with van der Waals surface area (Å²) in [6, 6.07) is 3.51. The number of ether oxygens (including phenoxy) is 1. The fourth-order valence-corrected chi connectivity index (χ4v) is 3.56. The lowest BCUT2D eigenvalue weighted by Crippen LogP contribution is -2.49. The van der Waals surface area contributed by atoms with Crippen LogP contribution in [0.1, 0.15) is 12.0 Å². The third kappa shape index (κ3) is 4.14. The summed E-state index contributed by atoms with van der Waals surface area (Å²) in [6.45, 7) is -0.702. The molecule has 0 aliphatic carbocycles. The number of hydrogen-bond acceptors (Lipinski definition) is 6. The lowest BCUT2D eigenvalue weighted by atomic mass is 9.95. The van der Waals surface area contributed by atoms with E-state index < -0.39 is 42.5 Å². The van der Waals surface area contributed by atoms with Gasteiger partial charge >= 0.3 is 12.1 Å². The monoisotopic (exact) mass is 441 g/mol. The molecule has 4 rings (SSSR count). The summed E-state index contributed by atoms with van der Waals surface area (Å²) in [5, 5.41) is 0. The maximum atomic E-state index is 14.2. The fourth-order valence-electron chi connectivity index (χ4n) is 3.56. The van der Waals surface area contributed by atoms with Crippen LogP contribution in [0.5, 0.6) is 0 Å². The van der Waals surface area contributed by atoms with E-state index >= 15 is 0 Å². The van der Waals surface area contributed by atoms with E-state index in [2.05, 4.69) is 19.7 Å². The van der Waals surface area contributed by atoms with E-state index in [1.165, 1.54) is 33.8 Å². The lowest BCUT2D eigenvalue weighted by Gasteiger charge is -2.37. The van der Waals surface area contributed by atoms with Gasteiger partial charge < -0.3 is 9.64 Å².